The molecule has 4 heteroatoms. The van der Waals surface area contributed by atoms with Gasteiger partial charge < -0.3 is 13.9 Å². The Balaban J connectivity index is 1.12. The summed E-state index contributed by atoms with van der Waals surface area (Å²) in [6, 6.07) is 93.1. The fourth-order valence-corrected chi connectivity index (χ4v) is 10.7. The van der Waals surface area contributed by atoms with E-state index in [-0.39, 0.29) is 0 Å². The van der Waals surface area contributed by atoms with Crippen LogP contribution in [0.1, 0.15) is 0 Å². The Labute approximate surface area is 411 Å². The van der Waals surface area contributed by atoms with Crippen LogP contribution in [0.4, 0.5) is 17.1 Å². The summed E-state index contributed by atoms with van der Waals surface area (Å²) < 4.78 is 9.03. The van der Waals surface area contributed by atoms with Gasteiger partial charge in [-0.15, -0.1) is 0 Å². The first-order chi connectivity index (χ1) is 34.6. The molecule has 2 aromatic heterocycles. The number of nitrogens with zero attached hydrogens (tertiary/aromatic N) is 2. The zero-order valence-electron chi connectivity index (χ0n) is 38.0. The Bertz CT molecular complexity index is 3980. The van der Waals surface area contributed by atoms with Crippen LogP contribution >= 0.6 is 11.6 Å². The Morgan fingerprint density at radius 3 is 1.56 bits per heavy atom. The molecule has 0 amide bonds. The summed E-state index contributed by atoms with van der Waals surface area (Å²) in [6.45, 7) is 0. The van der Waals surface area contributed by atoms with Crippen molar-refractivity contribution in [2.45, 2.75) is 0 Å². The average Bonchev–Trinajstić information content (AvgIpc) is 3.97. The van der Waals surface area contributed by atoms with Gasteiger partial charge in [-0.05, 0) is 112 Å². The highest BCUT2D eigenvalue weighted by molar-refractivity contribution is 6.31. The lowest BCUT2D eigenvalue weighted by molar-refractivity contribution is 0.670. The third-order valence-electron chi connectivity index (χ3n) is 13.6. The smallest absolute Gasteiger partial charge is 0.143 e. The molecule has 0 bridgehead atoms. The number of hydrogen-bond acceptors (Lipinski definition) is 2. The molecule has 70 heavy (non-hydrogen) atoms. The molecule has 0 aliphatic rings. The molecule has 330 valence electrons. The van der Waals surface area contributed by atoms with Crippen LogP contribution in [0.15, 0.2) is 265 Å². The number of halogens is 1. The van der Waals surface area contributed by atoms with Gasteiger partial charge in [-0.3, -0.25) is 0 Å². The summed E-state index contributed by atoms with van der Waals surface area (Å²) >= 11 is 7.42. The van der Waals surface area contributed by atoms with Crippen molar-refractivity contribution >= 4 is 72.4 Å². The van der Waals surface area contributed by atoms with E-state index in [1.54, 1.807) is 0 Å². The van der Waals surface area contributed by atoms with Crippen LogP contribution in [0.25, 0.3) is 105 Å². The van der Waals surface area contributed by atoms with E-state index >= 15 is 0 Å². The van der Waals surface area contributed by atoms with E-state index in [1.807, 2.05) is 12.1 Å². The van der Waals surface area contributed by atoms with Gasteiger partial charge >= 0.3 is 0 Å². The fraction of sp³-hybridized carbons (Fsp3) is 0. The van der Waals surface area contributed by atoms with Crippen LogP contribution in [0, 0.1) is 0 Å². The second-order valence-corrected chi connectivity index (χ2v) is 18.2. The largest absolute Gasteiger partial charge is 0.455 e. The molecular weight excluding hydrogens is 872 g/mol. The van der Waals surface area contributed by atoms with Gasteiger partial charge in [0.1, 0.15) is 11.2 Å². The van der Waals surface area contributed by atoms with Gasteiger partial charge in [-0.2, -0.15) is 0 Å². The van der Waals surface area contributed by atoms with E-state index in [4.69, 9.17) is 16.0 Å². The molecule has 13 rings (SSSR count). The second-order valence-electron chi connectivity index (χ2n) is 17.8. The van der Waals surface area contributed by atoms with Crippen LogP contribution in [0.3, 0.4) is 0 Å². The first kappa shape index (κ1) is 41.3. The van der Waals surface area contributed by atoms with Crippen molar-refractivity contribution in [1.82, 2.24) is 4.57 Å². The van der Waals surface area contributed by atoms with Crippen LogP contribution in [-0.4, -0.2) is 4.57 Å². The molecule has 0 saturated heterocycles. The molecule has 0 fully saturated rings. The number of hydrogen-bond donors (Lipinski definition) is 0. The Kier molecular flexibility index (Phi) is 10.2. The molecule has 3 nitrogen and oxygen atoms in total. The summed E-state index contributed by atoms with van der Waals surface area (Å²) in [4.78, 5) is 2.43. The minimum absolute atomic E-state index is 0.614. The van der Waals surface area contributed by atoms with Crippen LogP contribution in [0.5, 0.6) is 0 Å². The lowest BCUT2D eigenvalue weighted by Crippen LogP contribution is -2.13. The van der Waals surface area contributed by atoms with E-state index in [2.05, 4.69) is 258 Å². The highest BCUT2D eigenvalue weighted by Gasteiger charge is 2.25. The average molecular weight is 916 g/mol. The molecule has 0 radical (unpaired) electrons. The van der Waals surface area contributed by atoms with E-state index in [0.29, 0.717) is 5.02 Å². The third kappa shape index (κ3) is 7.23. The van der Waals surface area contributed by atoms with E-state index < -0.39 is 0 Å². The summed E-state index contributed by atoms with van der Waals surface area (Å²) in [5.41, 5.74) is 18.9. The highest BCUT2D eigenvalue weighted by Crippen LogP contribution is 2.50. The zero-order chi connectivity index (χ0) is 46.5. The zero-order valence-corrected chi connectivity index (χ0v) is 38.8. The minimum Gasteiger partial charge on any atom is -0.455 e. The van der Waals surface area contributed by atoms with Gasteiger partial charge in [0.15, 0.2) is 0 Å². The number of anilines is 3. The molecule has 0 aliphatic carbocycles. The van der Waals surface area contributed by atoms with Gasteiger partial charge in [-0.1, -0.05) is 200 Å². The molecule has 0 atom stereocenters. The van der Waals surface area contributed by atoms with E-state index in [9.17, 15) is 0 Å². The molecule has 0 N–H and O–H groups in total. The maximum atomic E-state index is 7.42. The number of para-hydroxylation sites is 5. The second kappa shape index (κ2) is 17.3. The molecule has 2 heterocycles. The molecular formula is C66H43ClN2O. The van der Waals surface area contributed by atoms with Crippen molar-refractivity contribution in [1.29, 1.82) is 0 Å². The summed E-state index contributed by atoms with van der Waals surface area (Å²) in [5.74, 6) is 0. The Morgan fingerprint density at radius 2 is 0.857 bits per heavy atom. The molecule has 0 unspecified atom stereocenters. The van der Waals surface area contributed by atoms with Crippen molar-refractivity contribution < 1.29 is 4.42 Å². The lowest BCUT2D eigenvalue weighted by Gasteiger charge is -2.31. The van der Waals surface area contributed by atoms with Crippen molar-refractivity contribution in [3.05, 3.63) is 266 Å². The molecule has 0 saturated carbocycles. The van der Waals surface area contributed by atoms with Crippen LogP contribution < -0.4 is 4.90 Å². The lowest BCUT2D eigenvalue weighted by atomic mass is 9.91. The third-order valence-corrected chi connectivity index (χ3v) is 13.8. The standard InChI is InChI=1S/C66H43ClN2O/c67-51-40-50(57-32-17-33-60-59-29-11-13-35-64(59)70-66(57)60)41-54(42-51)68(53-36-37-63-61(43-53)58-28-10-12-34-62(58)69(63)52-26-8-3-9-27-52)65-55(48-24-14-22-46(38-48)44-18-4-1-5-19-44)30-16-31-56(65)49-25-15-23-47(39-49)45-20-6-2-7-21-45/h1-43H. The summed E-state index contributed by atoms with van der Waals surface area (Å²) in [7, 11) is 0. The van der Waals surface area contributed by atoms with Gasteiger partial charge in [0.2, 0.25) is 0 Å². The quantitative estimate of drug-likeness (QED) is 0.144. The van der Waals surface area contributed by atoms with E-state index in [1.165, 1.54) is 5.39 Å². The maximum absolute atomic E-state index is 7.42. The number of fused-ring (bicyclic) bond motifs is 6. The van der Waals surface area contributed by atoms with Crippen molar-refractivity contribution in [3.63, 3.8) is 0 Å². The molecule has 13 aromatic rings. The monoisotopic (exact) mass is 914 g/mol. The Morgan fingerprint density at radius 1 is 0.329 bits per heavy atom. The van der Waals surface area contributed by atoms with E-state index in [0.717, 1.165) is 117 Å². The Hall–Kier alpha value is -8.89. The van der Waals surface area contributed by atoms with Crippen molar-refractivity contribution in [3.8, 4) is 61.3 Å². The minimum atomic E-state index is 0.614. The summed E-state index contributed by atoms with van der Waals surface area (Å²) in [5, 5.41) is 5.08. The number of benzene rings is 11. The first-order valence-electron chi connectivity index (χ1n) is 23.7. The van der Waals surface area contributed by atoms with Gasteiger partial charge in [0.05, 0.1) is 16.7 Å². The number of furan rings is 1. The fourth-order valence-electron chi connectivity index (χ4n) is 10.4. The summed E-state index contributed by atoms with van der Waals surface area (Å²) in [6.07, 6.45) is 0. The van der Waals surface area contributed by atoms with Crippen molar-refractivity contribution in [2.24, 2.45) is 0 Å². The SMILES string of the molecule is Clc1cc(-c2cccc3c2oc2ccccc23)cc(N(c2ccc3c(c2)c2ccccc2n3-c2ccccc2)c2c(-c3cccc(-c4ccccc4)c3)cccc2-c2cccc(-c3ccccc3)c2)c1. The molecule has 0 spiro atoms. The predicted molar refractivity (Wildman–Crippen MR) is 295 cm³/mol. The topological polar surface area (TPSA) is 21.3 Å². The maximum Gasteiger partial charge on any atom is 0.143 e. The van der Waals surface area contributed by atoms with Crippen LogP contribution in [0.2, 0.25) is 5.02 Å². The highest BCUT2D eigenvalue weighted by atomic mass is 35.5. The van der Waals surface area contributed by atoms with Gasteiger partial charge in [0, 0.05) is 60.3 Å². The predicted octanol–water partition coefficient (Wildman–Crippen LogP) is 19.1. The number of rotatable bonds is 9. The van der Waals surface area contributed by atoms with Crippen LogP contribution in [-0.2, 0) is 0 Å². The van der Waals surface area contributed by atoms with Gasteiger partial charge in [-0.25, -0.2) is 0 Å². The van der Waals surface area contributed by atoms with Crippen molar-refractivity contribution in [2.75, 3.05) is 4.90 Å². The normalized spacial score (nSPS) is 11.5. The number of aromatic nitrogens is 1. The molecule has 0 aliphatic heterocycles. The first-order valence-corrected chi connectivity index (χ1v) is 24.1. The van der Waals surface area contributed by atoms with Gasteiger partial charge in [0.25, 0.3) is 0 Å². The molecule has 11 aromatic carbocycles.